The highest BCUT2D eigenvalue weighted by Crippen LogP contribution is 2.11. The molecule has 0 saturated carbocycles. The highest BCUT2D eigenvalue weighted by Gasteiger charge is 2.11. The lowest BCUT2D eigenvalue weighted by molar-refractivity contribution is 0.0398. The van der Waals surface area contributed by atoms with Crippen LogP contribution in [0, 0.1) is 11.3 Å². The number of nitrogens with zero attached hydrogens (tertiary/aromatic N) is 4. The summed E-state index contributed by atoms with van der Waals surface area (Å²) in [6.45, 7) is 5.10. The van der Waals surface area contributed by atoms with Crippen LogP contribution >= 0.6 is 0 Å². The standard InChI is InChI=1S/C18H20N6O2/c19-11-14-2-1-3-15(10-14)23-18(25)16-12-22-17(13-21-16)20-4-5-24-6-8-26-9-7-24/h1-3,10,12-13H,4-9H2,(H,20,22)(H,23,25). The Balaban J connectivity index is 1.50. The maximum Gasteiger partial charge on any atom is 0.275 e. The number of carbonyl (C=O) groups excluding carboxylic acids is 1. The van der Waals surface area contributed by atoms with Crippen LogP contribution in [0.5, 0.6) is 0 Å². The Morgan fingerprint density at radius 1 is 1.27 bits per heavy atom. The van der Waals surface area contributed by atoms with Gasteiger partial charge in [0, 0.05) is 31.9 Å². The molecular weight excluding hydrogens is 332 g/mol. The van der Waals surface area contributed by atoms with Crippen LogP contribution in [0.25, 0.3) is 0 Å². The van der Waals surface area contributed by atoms with Crippen molar-refractivity contribution in [3.63, 3.8) is 0 Å². The molecule has 2 heterocycles. The van der Waals surface area contributed by atoms with Gasteiger partial charge in [0.2, 0.25) is 0 Å². The van der Waals surface area contributed by atoms with Crippen molar-refractivity contribution in [2.45, 2.75) is 0 Å². The summed E-state index contributed by atoms with van der Waals surface area (Å²) in [4.78, 5) is 22.9. The van der Waals surface area contributed by atoms with Gasteiger partial charge in [0.25, 0.3) is 5.91 Å². The summed E-state index contributed by atoms with van der Waals surface area (Å²) < 4.78 is 5.32. The van der Waals surface area contributed by atoms with Gasteiger partial charge in [-0.25, -0.2) is 9.97 Å². The molecule has 8 heteroatoms. The minimum atomic E-state index is -0.368. The lowest BCUT2D eigenvalue weighted by Gasteiger charge is -2.26. The minimum absolute atomic E-state index is 0.214. The van der Waals surface area contributed by atoms with Crippen molar-refractivity contribution >= 4 is 17.4 Å². The SMILES string of the molecule is N#Cc1cccc(NC(=O)c2cnc(NCCN3CCOCC3)cn2)c1. The third-order valence-electron chi connectivity index (χ3n) is 3.97. The molecule has 1 aromatic carbocycles. The second-order valence-electron chi connectivity index (χ2n) is 5.81. The summed E-state index contributed by atoms with van der Waals surface area (Å²) in [6.07, 6.45) is 2.97. The van der Waals surface area contributed by atoms with Crippen molar-refractivity contribution in [3.05, 3.63) is 47.9 Å². The van der Waals surface area contributed by atoms with Gasteiger partial charge in [-0.2, -0.15) is 5.26 Å². The average molecular weight is 352 g/mol. The third-order valence-corrected chi connectivity index (χ3v) is 3.97. The van der Waals surface area contributed by atoms with Gasteiger partial charge in [0.05, 0.1) is 37.2 Å². The molecule has 3 rings (SSSR count). The smallest absolute Gasteiger partial charge is 0.275 e. The minimum Gasteiger partial charge on any atom is -0.379 e. The molecule has 26 heavy (non-hydrogen) atoms. The van der Waals surface area contributed by atoms with Crippen molar-refractivity contribution in [2.24, 2.45) is 0 Å². The van der Waals surface area contributed by atoms with Crippen molar-refractivity contribution in [3.8, 4) is 6.07 Å². The first-order chi connectivity index (χ1) is 12.7. The number of anilines is 2. The Morgan fingerprint density at radius 2 is 2.12 bits per heavy atom. The Kier molecular flexibility index (Phi) is 6.09. The van der Waals surface area contributed by atoms with E-state index in [-0.39, 0.29) is 11.6 Å². The van der Waals surface area contributed by atoms with Crippen LogP contribution in [0.4, 0.5) is 11.5 Å². The Labute approximate surface area is 151 Å². The number of carbonyl (C=O) groups is 1. The van der Waals surface area contributed by atoms with Gasteiger partial charge in [0.1, 0.15) is 11.5 Å². The largest absolute Gasteiger partial charge is 0.379 e. The van der Waals surface area contributed by atoms with Crippen molar-refractivity contribution in [1.29, 1.82) is 5.26 Å². The summed E-state index contributed by atoms with van der Waals surface area (Å²) in [5, 5.41) is 14.8. The summed E-state index contributed by atoms with van der Waals surface area (Å²) >= 11 is 0. The van der Waals surface area contributed by atoms with Crippen molar-refractivity contribution in [1.82, 2.24) is 14.9 Å². The summed E-state index contributed by atoms with van der Waals surface area (Å²) in [5.74, 6) is 0.258. The molecule has 0 aliphatic carbocycles. The van der Waals surface area contributed by atoms with E-state index < -0.39 is 0 Å². The average Bonchev–Trinajstić information content (AvgIpc) is 2.69. The van der Waals surface area contributed by atoms with Gasteiger partial charge in [-0.3, -0.25) is 9.69 Å². The van der Waals surface area contributed by atoms with E-state index in [0.29, 0.717) is 17.1 Å². The van der Waals surface area contributed by atoms with E-state index in [4.69, 9.17) is 10.00 Å². The molecule has 0 spiro atoms. The second-order valence-corrected chi connectivity index (χ2v) is 5.81. The van der Waals surface area contributed by atoms with Gasteiger partial charge in [0.15, 0.2) is 0 Å². The van der Waals surface area contributed by atoms with Crippen LogP contribution in [0.2, 0.25) is 0 Å². The van der Waals surface area contributed by atoms with E-state index in [2.05, 4.69) is 25.5 Å². The zero-order chi connectivity index (χ0) is 18.2. The molecule has 1 aromatic heterocycles. The highest BCUT2D eigenvalue weighted by atomic mass is 16.5. The Hall–Kier alpha value is -3.02. The van der Waals surface area contributed by atoms with Gasteiger partial charge < -0.3 is 15.4 Å². The first-order valence-corrected chi connectivity index (χ1v) is 8.42. The lowest BCUT2D eigenvalue weighted by atomic mass is 10.2. The first kappa shape index (κ1) is 17.8. The lowest BCUT2D eigenvalue weighted by Crippen LogP contribution is -2.39. The fourth-order valence-electron chi connectivity index (χ4n) is 2.57. The summed E-state index contributed by atoms with van der Waals surface area (Å²) in [5.41, 5.74) is 1.24. The number of morpholine rings is 1. The normalized spacial score (nSPS) is 14.4. The quantitative estimate of drug-likeness (QED) is 0.809. The number of nitrogens with one attached hydrogen (secondary N) is 2. The van der Waals surface area contributed by atoms with Crippen molar-refractivity contribution < 1.29 is 9.53 Å². The van der Waals surface area contributed by atoms with Gasteiger partial charge in [-0.15, -0.1) is 0 Å². The molecule has 0 atom stereocenters. The number of hydrogen-bond acceptors (Lipinski definition) is 7. The number of aromatic nitrogens is 2. The molecule has 8 nitrogen and oxygen atoms in total. The van der Waals surface area contributed by atoms with E-state index in [0.717, 1.165) is 39.4 Å². The highest BCUT2D eigenvalue weighted by molar-refractivity contribution is 6.02. The summed E-state index contributed by atoms with van der Waals surface area (Å²) in [6, 6.07) is 8.74. The number of rotatable bonds is 6. The number of nitriles is 1. The number of ether oxygens (including phenoxy) is 1. The third kappa shape index (κ3) is 4.99. The topological polar surface area (TPSA) is 103 Å². The molecule has 0 bridgehead atoms. The second kappa shape index (κ2) is 8.89. The molecule has 2 aromatic rings. The number of hydrogen-bond donors (Lipinski definition) is 2. The van der Waals surface area contributed by atoms with Crippen LogP contribution in [-0.4, -0.2) is 60.2 Å². The van der Waals surface area contributed by atoms with Crippen LogP contribution < -0.4 is 10.6 Å². The molecule has 0 radical (unpaired) electrons. The molecule has 1 saturated heterocycles. The zero-order valence-corrected chi connectivity index (χ0v) is 14.3. The molecule has 1 amide bonds. The first-order valence-electron chi connectivity index (χ1n) is 8.42. The van der Waals surface area contributed by atoms with Crippen LogP contribution in [-0.2, 0) is 4.74 Å². The van der Waals surface area contributed by atoms with Crippen LogP contribution in [0.15, 0.2) is 36.7 Å². The van der Waals surface area contributed by atoms with E-state index in [1.807, 2.05) is 6.07 Å². The van der Waals surface area contributed by atoms with E-state index in [1.54, 1.807) is 30.5 Å². The van der Waals surface area contributed by atoms with E-state index >= 15 is 0 Å². The molecule has 0 unspecified atom stereocenters. The van der Waals surface area contributed by atoms with Crippen LogP contribution in [0.1, 0.15) is 16.1 Å². The van der Waals surface area contributed by atoms with Crippen molar-refractivity contribution in [2.75, 3.05) is 50.0 Å². The summed E-state index contributed by atoms with van der Waals surface area (Å²) in [7, 11) is 0. The Bertz CT molecular complexity index is 781. The molecule has 2 N–H and O–H groups in total. The van der Waals surface area contributed by atoms with Gasteiger partial charge in [-0.1, -0.05) is 6.07 Å². The van der Waals surface area contributed by atoms with Gasteiger partial charge in [-0.05, 0) is 18.2 Å². The monoisotopic (exact) mass is 352 g/mol. The predicted molar refractivity (Wildman–Crippen MR) is 96.9 cm³/mol. The zero-order valence-electron chi connectivity index (χ0n) is 14.3. The maximum absolute atomic E-state index is 12.2. The molecule has 1 fully saturated rings. The van der Waals surface area contributed by atoms with Crippen LogP contribution in [0.3, 0.4) is 0 Å². The fourth-order valence-corrected chi connectivity index (χ4v) is 2.57. The fraction of sp³-hybridized carbons (Fsp3) is 0.333. The van der Waals surface area contributed by atoms with E-state index in [9.17, 15) is 4.79 Å². The van der Waals surface area contributed by atoms with E-state index in [1.165, 1.54) is 6.20 Å². The molecule has 1 aliphatic rings. The predicted octanol–water partition coefficient (Wildman–Crippen LogP) is 1.34. The van der Waals surface area contributed by atoms with Gasteiger partial charge >= 0.3 is 0 Å². The molecule has 1 aliphatic heterocycles. The molecular formula is C18H20N6O2. The number of benzene rings is 1. The number of amides is 1. The maximum atomic E-state index is 12.2. The Morgan fingerprint density at radius 3 is 2.85 bits per heavy atom. The molecule has 134 valence electrons.